The van der Waals surface area contributed by atoms with Gasteiger partial charge in [-0.25, -0.2) is 4.98 Å². The molecule has 2 heterocycles. The molecule has 17 heavy (non-hydrogen) atoms. The molecule has 0 atom stereocenters. The van der Waals surface area contributed by atoms with Gasteiger partial charge in [-0.1, -0.05) is 19.9 Å². The van der Waals surface area contributed by atoms with E-state index in [1.165, 1.54) is 0 Å². The van der Waals surface area contributed by atoms with Crippen LogP contribution >= 0.6 is 0 Å². The molecule has 0 N–H and O–H groups in total. The molecule has 0 spiro atoms. The van der Waals surface area contributed by atoms with Crippen LogP contribution in [-0.2, 0) is 11.2 Å². The van der Waals surface area contributed by atoms with E-state index in [-0.39, 0.29) is 0 Å². The number of pyridine rings is 1. The summed E-state index contributed by atoms with van der Waals surface area (Å²) >= 11 is 0. The van der Waals surface area contributed by atoms with Gasteiger partial charge >= 0.3 is 0 Å². The molecule has 1 fully saturated rings. The van der Waals surface area contributed by atoms with Gasteiger partial charge in [0.05, 0.1) is 25.7 Å². The monoisotopic (exact) mass is 233 g/mol. The lowest BCUT2D eigenvalue weighted by molar-refractivity contribution is 0.122. The molecule has 0 bridgehead atoms. The van der Waals surface area contributed by atoms with Gasteiger partial charge in [-0.2, -0.15) is 5.26 Å². The first-order valence-corrected chi connectivity index (χ1v) is 6.05. The molecule has 1 aliphatic heterocycles. The highest BCUT2D eigenvalue weighted by atomic mass is 16.5. The number of rotatable bonds is 2. The van der Waals surface area contributed by atoms with Crippen molar-refractivity contribution < 1.29 is 4.74 Å². The minimum atomic E-state index is 0.427. The van der Waals surface area contributed by atoms with E-state index >= 15 is 0 Å². The molecule has 2 rings (SSSR count). The first-order valence-electron chi connectivity index (χ1n) is 6.05. The predicted molar refractivity (Wildman–Crippen MR) is 67.9 cm³/mol. The Bertz CT molecular complexity index is 350. The van der Waals surface area contributed by atoms with Crippen LogP contribution in [0.25, 0.3) is 0 Å². The largest absolute Gasteiger partial charge is 0.378 e. The van der Waals surface area contributed by atoms with Crippen LogP contribution < -0.4 is 4.90 Å². The normalized spacial score (nSPS) is 14.5. The van der Waals surface area contributed by atoms with Crippen molar-refractivity contribution in [3.63, 3.8) is 0 Å². The molecule has 4 nitrogen and oxygen atoms in total. The minimum absolute atomic E-state index is 0.427. The fourth-order valence-corrected chi connectivity index (χ4v) is 1.59. The Labute approximate surface area is 103 Å². The Kier molecular flexibility index (Phi) is 6.05. The Morgan fingerprint density at radius 3 is 2.59 bits per heavy atom. The second kappa shape index (κ2) is 7.64. The summed E-state index contributed by atoms with van der Waals surface area (Å²) in [5.74, 6) is 0.972. The van der Waals surface area contributed by atoms with Crippen LogP contribution in [0.4, 0.5) is 5.82 Å². The van der Waals surface area contributed by atoms with Gasteiger partial charge in [-0.05, 0) is 11.6 Å². The zero-order valence-corrected chi connectivity index (χ0v) is 10.5. The van der Waals surface area contributed by atoms with Gasteiger partial charge in [-0.3, -0.25) is 0 Å². The van der Waals surface area contributed by atoms with E-state index in [0.29, 0.717) is 6.42 Å². The summed E-state index contributed by atoms with van der Waals surface area (Å²) in [6.07, 6.45) is 2.20. The number of hydrogen-bond donors (Lipinski definition) is 0. The molecule has 1 aromatic rings. The number of morpholine rings is 1. The van der Waals surface area contributed by atoms with Gasteiger partial charge in [0.15, 0.2) is 0 Å². The number of aromatic nitrogens is 1. The molecule has 0 amide bonds. The summed E-state index contributed by atoms with van der Waals surface area (Å²) in [5, 5.41) is 8.53. The van der Waals surface area contributed by atoms with Gasteiger partial charge in [0, 0.05) is 19.3 Å². The first kappa shape index (κ1) is 13.5. The van der Waals surface area contributed by atoms with Crippen molar-refractivity contribution in [2.45, 2.75) is 20.3 Å². The molecule has 0 radical (unpaired) electrons. The molecular weight excluding hydrogens is 214 g/mol. The lowest BCUT2D eigenvalue weighted by Crippen LogP contribution is -2.36. The molecule has 0 aliphatic carbocycles. The Morgan fingerprint density at radius 1 is 1.35 bits per heavy atom. The van der Waals surface area contributed by atoms with Crippen LogP contribution in [0.2, 0.25) is 0 Å². The van der Waals surface area contributed by atoms with Crippen molar-refractivity contribution in [1.82, 2.24) is 4.98 Å². The smallest absolute Gasteiger partial charge is 0.128 e. The summed E-state index contributed by atoms with van der Waals surface area (Å²) in [6, 6.07) is 6.04. The van der Waals surface area contributed by atoms with Crippen LogP contribution in [0.5, 0.6) is 0 Å². The van der Waals surface area contributed by atoms with Crippen molar-refractivity contribution in [2.75, 3.05) is 31.2 Å². The fourth-order valence-electron chi connectivity index (χ4n) is 1.59. The van der Waals surface area contributed by atoms with Gasteiger partial charge < -0.3 is 9.64 Å². The van der Waals surface area contributed by atoms with E-state index in [4.69, 9.17) is 10.00 Å². The minimum Gasteiger partial charge on any atom is -0.378 e. The standard InChI is InChI=1S/C11H13N3O.C2H6/c12-4-3-10-1-2-11(13-9-10)14-5-7-15-8-6-14;1-2/h1-2,9H,3,5-8H2;1-2H3. The van der Waals surface area contributed by atoms with Crippen molar-refractivity contribution >= 4 is 5.82 Å². The highest BCUT2D eigenvalue weighted by Gasteiger charge is 2.11. The van der Waals surface area contributed by atoms with Crippen molar-refractivity contribution in [2.24, 2.45) is 0 Å². The van der Waals surface area contributed by atoms with E-state index in [9.17, 15) is 0 Å². The third kappa shape index (κ3) is 4.04. The molecule has 4 heteroatoms. The number of nitrogens with zero attached hydrogens (tertiary/aromatic N) is 3. The van der Waals surface area contributed by atoms with Crippen LogP contribution in [0.1, 0.15) is 19.4 Å². The zero-order chi connectivity index (χ0) is 12.5. The molecular formula is C13H19N3O. The molecule has 1 aromatic heterocycles. The van der Waals surface area contributed by atoms with Crippen LogP contribution in [-0.4, -0.2) is 31.3 Å². The van der Waals surface area contributed by atoms with E-state index < -0.39 is 0 Å². The Hall–Kier alpha value is -1.60. The number of ether oxygens (including phenoxy) is 1. The van der Waals surface area contributed by atoms with E-state index in [1.807, 2.05) is 26.0 Å². The van der Waals surface area contributed by atoms with Gasteiger partial charge in [0.25, 0.3) is 0 Å². The van der Waals surface area contributed by atoms with Crippen LogP contribution in [0.15, 0.2) is 18.3 Å². The predicted octanol–water partition coefficient (Wildman–Crippen LogP) is 2.01. The lowest BCUT2D eigenvalue weighted by Gasteiger charge is -2.27. The van der Waals surface area contributed by atoms with Crippen LogP contribution in [0, 0.1) is 11.3 Å². The van der Waals surface area contributed by atoms with Gasteiger partial charge in [0.2, 0.25) is 0 Å². The third-order valence-electron chi connectivity index (χ3n) is 2.43. The second-order valence-corrected chi connectivity index (χ2v) is 3.46. The first-order chi connectivity index (χ1) is 8.40. The number of nitriles is 1. The SMILES string of the molecule is CC.N#CCc1ccc(N2CCOCC2)nc1. The molecule has 1 saturated heterocycles. The average Bonchev–Trinajstić information content (AvgIpc) is 2.43. The van der Waals surface area contributed by atoms with Crippen molar-refractivity contribution in [3.05, 3.63) is 23.9 Å². The summed E-state index contributed by atoms with van der Waals surface area (Å²) in [4.78, 5) is 6.53. The van der Waals surface area contributed by atoms with Gasteiger partial charge in [-0.15, -0.1) is 0 Å². The summed E-state index contributed by atoms with van der Waals surface area (Å²) < 4.78 is 5.27. The fraction of sp³-hybridized carbons (Fsp3) is 0.538. The molecule has 0 unspecified atom stereocenters. The van der Waals surface area contributed by atoms with E-state index in [2.05, 4.69) is 16.0 Å². The summed E-state index contributed by atoms with van der Waals surface area (Å²) in [6.45, 7) is 7.32. The zero-order valence-electron chi connectivity index (χ0n) is 10.5. The maximum atomic E-state index is 8.53. The molecule has 0 saturated carbocycles. The van der Waals surface area contributed by atoms with Crippen molar-refractivity contribution in [1.29, 1.82) is 5.26 Å². The maximum absolute atomic E-state index is 8.53. The Morgan fingerprint density at radius 2 is 2.06 bits per heavy atom. The highest BCUT2D eigenvalue weighted by Crippen LogP contribution is 2.12. The number of anilines is 1. The van der Waals surface area contributed by atoms with E-state index in [1.54, 1.807) is 6.20 Å². The maximum Gasteiger partial charge on any atom is 0.128 e. The highest BCUT2D eigenvalue weighted by molar-refractivity contribution is 5.39. The van der Waals surface area contributed by atoms with E-state index in [0.717, 1.165) is 37.7 Å². The summed E-state index contributed by atoms with van der Waals surface area (Å²) in [7, 11) is 0. The van der Waals surface area contributed by atoms with Gasteiger partial charge in [0.1, 0.15) is 5.82 Å². The quantitative estimate of drug-likeness (QED) is 0.784. The average molecular weight is 233 g/mol. The van der Waals surface area contributed by atoms with Crippen LogP contribution in [0.3, 0.4) is 0 Å². The number of hydrogen-bond acceptors (Lipinski definition) is 4. The topological polar surface area (TPSA) is 49.2 Å². The van der Waals surface area contributed by atoms with Crippen molar-refractivity contribution in [3.8, 4) is 6.07 Å². The molecule has 92 valence electrons. The lowest BCUT2D eigenvalue weighted by atomic mass is 10.2. The summed E-state index contributed by atoms with van der Waals surface area (Å²) in [5.41, 5.74) is 0.967. The second-order valence-electron chi connectivity index (χ2n) is 3.46. The Balaban J connectivity index is 0.000000686. The molecule has 1 aliphatic rings. The third-order valence-corrected chi connectivity index (χ3v) is 2.43. The molecule has 0 aromatic carbocycles.